The lowest BCUT2D eigenvalue weighted by molar-refractivity contribution is -0.142. The van der Waals surface area contributed by atoms with Gasteiger partial charge in [-0.3, -0.25) is 53.7 Å². The molecule has 0 bridgehead atoms. The van der Waals surface area contributed by atoms with Crippen molar-refractivity contribution in [2.24, 2.45) is 38.7 Å². The highest BCUT2D eigenvalue weighted by Crippen LogP contribution is 2.20. The van der Waals surface area contributed by atoms with Gasteiger partial charge in [-0.05, 0) is 75.0 Å². The number of hydrogen-bond acceptors (Lipinski definition) is 13. The zero-order valence-corrected chi connectivity index (χ0v) is 42.3. The van der Waals surface area contributed by atoms with E-state index < -0.39 is 115 Å². The van der Waals surface area contributed by atoms with E-state index in [9.17, 15) is 53.4 Å². The Labute approximate surface area is 438 Å². The van der Waals surface area contributed by atoms with E-state index in [4.69, 9.17) is 28.7 Å². The fourth-order valence-corrected chi connectivity index (χ4v) is 8.33. The zero-order chi connectivity index (χ0) is 55.7. The van der Waals surface area contributed by atoms with Gasteiger partial charge in [0.15, 0.2) is 11.9 Å². The van der Waals surface area contributed by atoms with Crippen molar-refractivity contribution in [3.63, 3.8) is 0 Å². The quantitative estimate of drug-likeness (QED) is 0.0312. The maximum atomic E-state index is 14.6. The molecule has 1 aliphatic heterocycles. The molecule has 1 aliphatic rings. The van der Waals surface area contributed by atoms with Crippen molar-refractivity contribution in [2.75, 3.05) is 19.6 Å². The second-order valence-corrected chi connectivity index (χ2v) is 18.3. The number of aliphatic hydroxyl groups excluding tert-OH is 1. The van der Waals surface area contributed by atoms with Gasteiger partial charge in [0.1, 0.15) is 36.4 Å². The van der Waals surface area contributed by atoms with E-state index in [0.29, 0.717) is 11.1 Å². The van der Waals surface area contributed by atoms with Crippen molar-refractivity contribution < 1.29 is 53.4 Å². The van der Waals surface area contributed by atoms with Crippen LogP contribution < -0.4 is 71.2 Å². The van der Waals surface area contributed by atoms with E-state index in [-0.39, 0.29) is 95.8 Å². The molecule has 0 saturated carbocycles. The number of benzene rings is 2. The standard InChI is InChI=1S/C49H72N16O11/c1-27(66)59-32(14-7-22-56-48(51)52)41(69)62-35-18-20-40(68)55-21-9-16-36(47(75)76)63-46(74)38(25-29-26-58-31-13-6-5-12-30(29)31)65-42(70)33(15-8-23-57-49(53)54)60-45(73)37(24-28-10-3-2-4-11-28)64-44(72)34(61-43(35)71)17-19-39(50)67/h2-6,10-13,26,32-38,42,58,65,70H,7-9,14-25H2,1H3,(H2,50,67)(H,55,68)(H,59,66)(H,60,73)(H,61,71)(H,62,69)(H,63,74)(H,64,72)(H,75,76)(H4,51,52,56)(H4,53,54,57)/t32-,33-,34-,35-,36-,37+,38-,42?/m0/s1. The first-order valence-electron chi connectivity index (χ1n) is 24.9. The van der Waals surface area contributed by atoms with Crippen LogP contribution in [0.15, 0.2) is 70.8 Å². The number of aromatic nitrogens is 1. The van der Waals surface area contributed by atoms with Crippen molar-refractivity contribution >= 4 is 76.0 Å². The Morgan fingerprint density at radius 2 is 1.39 bits per heavy atom. The van der Waals surface area contributed by atoms with Gasteiger partial charge in [-0.2, -0.15) is 0 Å². The molecule has 2 heterocycles. The normalized spacial score (nSPS) is 22.0. The summed E-state index contributed by atoms with van der Waals surface area (Å²) in [6, 6.07) is 5.93. The number of nitrogens with zero attached hydrogens (tertiary/aromatic N) is 2. The number of H-pyrrole nitrogens is 1. The van der Waals surface area contributed by atoms with Crippen LogP contribution in [0, 0.1) is 0 Å². The van der Waals surface area contributed by atoms with Crippen LogP contribution in [-0.2, 0) is 56.0 Å². The summed E-state index contributed by atoms with van der Waals surface area (Å²) >= 11 is 0. The Morgan fingerprint density at radius 3 is 2.07 bits per heavy atom. The van der Waals surface area contributed by atoms with Gasteiger partial charge in [-0.25, -0.2) is 4.79 Å². The van der Waals surface area contributed by atoms with Gasteiger partial charge in [0.2, 0.25) is 47.3 Å². The van der Waals surface area contributed by atoms with Gasteiger partial charge in [-0.15, -0.1) is 0 Å². The van der Waals surface area contributed by atoms with Gasteiger partial charge in [-0.1, -0.05) is 48.5 Å². The molecule has 27 heteroatoms. The molecule has 0 spiro atoms. The van der Waals surface area contributed by atoms with Gasteiger partial charge >= 0.3 is 5.97 Å². The van der Waals surface area contributed by atoms with Crippen LogP contribution in [0.4, 0.5) is 0 Å². The molecule has 1 aromatic heterocycles. The minimum absolute atomic E-state index is 0.0122. The largest absolute Gasteiger partial charge is 0.480 e. The molecule has 8 atom stereocenters. The highest BCUT2D eigenvalue weighted by molar-refractivity contribution is 5.96. The van der Waals surface area contributed by atoms with Gasteiger partial charge < -0.3 is 81.1 Å². The number of carboxylic acid groups (broad SMARTS) is 1. The fraction of sp³-hybridized carbons (Fsp3) is 0.490. The number of para-hydroxylation sites is 1. The average Bonchev–Trinajstić information content (AvgIpc) is 3.78. The third-order valence-electron chi connectivity index (χ3n) is 12.2. The van der Waals surface area contributed by atoms with Gasteiger partial charge in [0.25, 0.3) is 0 Å². The lowest BCUT2D eigenvalue weighted by Crippen LogP contribution is -2.61. The second kappa shape index (κ2) is 30.8. The van der Waals surface area contributed by atoms with Crippen molar-refractivity contribution in [2.45, 2.75) is 132 Å². The summed E-state index contributed by atoms with van der Waals surface area (Å²) < 4.78 is 0. The first kappa shape index (κ1) is 60.2. The van der Waals surface area contributed by atoms with E-state index >= 15 is 0 Å². The van der Waals surface area contributed by atoms with Crippen LogP contribution in [0.2, 0.25) is 0 Å². The zero-order valence-electron chi connectivity index (χ0n) is 42.3. The van der Waals surface area contributed by atoms with Crippen LogP contribution in [0.25, 0.3) is 10.9 Å². The number of aromatic amines is 1. The Hall–Kier alpha value is -8.33. The molecule has 2 aromatic carbocycles. The number of fused-ring (bicyclic) bond motifs is 1. The minimum Gasteiger partial charge on any atom is -0.480 e. The summed E-state index contributed by atoms with van der Waals surface area (Å²) in [6.07, 6.45) is -1.62. The van der Waals surface area contributed by atoms with E-state index in [1.165, 1.54) is 6.92 Å². The number of hydrogen-bond donors (Lipinski definition) is 16. The molecule has 1 unspecified atom stereocenters. The molecule has 3 aromatic rings. The molecule has 0 radical (unpaired) electrons. The lowest BCUT2D eigenvalue weighted by Gasteiger charge is -2.31. The van der Waals surface area contributed by atoms with Crippen molar-refractivity contribution in [1.82, 2.24) is 47.5 Å². The summed E-state index contributed by atoms with van der Waals surface area (Å²) in [7, 11) is 0. The Morgan fingerprint density at radius 1 is 0.750 bits per heavy atom. The first-order valence-corrected chi connectivity index (χ1v) is 24.9. The number of amides is 8. The monoisotopic (exact) mass is 1060 g/mol. The number of primary amides is 1. The van der Waals surface area contributed by atoms with Crippen molar-refractivity contribution in [3.05, 3.63) is 71.9 Å². The Bertz CT molecular complexity index is 2530. The third kappa shape index (κ3) is 20.9. The molecule has 1 fully saturated rings. The molecule has 1 saturated heterocycles. The molecule has 8 amide bonds. The van der Waals surface area contributed by atoms with Crippen LogP contribution in [-0.4, -0.2) is 148 Å². The number of nitrogens with two attached hydrogens (primary N) is 5. The van der Waals surface area contributed by atoms with Crippen LogP contribution >= 0.6 is 0 Å². The van der Waals surface area contributed by atoms with E-state index in [1.807, 2.05) is 18.2 Å². The number of aliphatic imine (C=N–C) groups is 2. The smallest absolute Gasteiger partial charge is 0.326 e. The molecule has 4 rings (SSSR count). The summed E-state index contributed by atoms with van der Waals surface area (Å²) in [4.78, 5) is 133. The first-order chi connectivity index (χ1) is 36.2. The fourth-order valence-electron chi connectivity index (χ4n) is 8.33. The minimum atomic E-state index is -1.73. The number of rotatable bonds is 19. The number of nitrogens with one attached hydrogen (secondary N) is 9. The molecular weight excluding hydrogens is 989 g/mol. The summed E-state index contributed by atoms with van der Waals surface area (Å²) in [6.45, 7) is 1.25. The van der Waals surface area contributed by atoms with E-state index in [2.05, 4.69) is 57.5 Å². The van der Waals surface area contributed by atoms with E-state index in [1.54, 1.807) is 42.6 Å². The molecule has 21 N–H and O–H groups in total. The highest BCUT2D eigenvalue weighted by atomic mass is 16.4. The van der Waals surface area contributed by atoms with Gasteiger partial charge in [0, 0.05) is 62.9 Å². The number of carboxylic acids is 1. The maximum Gasteiger partial charge on any atom is 0.326 e. The molecule has 27 nitrogen and oxygen atoms in total. The van der Waals surface area contributed by atoms with Crippen LogP contribution in [0.1, 0.15) is 82.3 Å². The lowest BCUT2D eigenvalue weighted by atomic mass is 10.0. The van der Waals surface area contributed by atoms with Crippen LogP contribution in [0.5, 0.6) is 0 Å². The number of guanidine groups is 2. The molecule has 414 valence electrons. The van der Waals surface area contributed by atoms with Crippen molar-refractivity contribution in [3.8, 4) is 0 Å². The van der Waals surface area contributed by atoms with E-state index in [0.717, 1.165) is 10.9 Å². The predicted molar refractivity (Wildman–Crippen MR) is 280 cm³/mol. The maximum absolute atomic E-state index is 14.6. The third-order valence-corrected chi connectivity index (χ3v) is 12.2. The summed E-state index contributed by atoms with van der Waals surface area (Å²) in [5.41, 5.74) is 29.4. The van der Waals surface area contributed by atoms with Crippen LogP contribution in [0.3, 0.4) is 0 Å². The topological polar surface area (TPSA) is 461 Å². The Kier molecular flexibility index (Phi) is 24.4. The number of aliphatic hydroxyl groups is 1. The molecule has 0 aliphatic carbocycles. The highest BCUT2D eigenvalue weighted by Gasteiger charge is 2.35. The molecular formula is C49H72N16O11. The number of carbonyl (C=O) groups is 9. The SMILES string of the molecule is CC(=O)N[C@@H](CCCN=C(N)N)C(=O)N[C@H]1CCC(=O)NCCC[C@@H](C(=O)O)NC(=O)[C@H](Cc2c[nH]c3ccccc23)NC(O)[C@H](CCCN=C(N)N)NC(=O)[C@@H](Cc2ccccc2)NC(=O)[C@H](CCC(N)=O)NC1=O. The van der Waals surface area contributed by atoms with Crippen molar-refractivity contribution in [1.29, 1.82) is 0 Å². The van der Waals surface area contributed by atoms with Gasteiger partial charge in [0.05, 0.1) is 12.1 Å². The summed E-state index contributed by atoms with van der Waals surface area (Å²) in [5.74, 6) is -8.31. The Balaban J connectivity index is 1.78. The molecule has 76 heavy (non-hydrogen) atoms. The summed E-state index contributed by atoms with van der Waals surface area (Å²) in [5, 5.41) is 44.2. The average molecular weight is 1060 g/mol. The number of aliphatic carboxylic acids is 1. The predicted octanol–water partition coefficient (Wildman–Crippen LogP) is -3.69. The number of carbonyl (C=O) groups excluding carboxylic acids is 8. The second-order valence-electron chi connectivity index (χ2n) is 18.3.